The average molecular weight is 321 g/mol. The molecule has 3 unspecified atom stereocenters. The van der Waals surface area contributed by atoms with Gasteiger partial charge in [-0.3, -0.25) is 14.5 Å². The van der Waals surface area contributed by atoms with Crippen molar-refractivity contribution in [1.29, 1.82) is 0 Å². The molecule has 0 radical (unpaired) electrons. The second-order valence-corrected chi connectivity index (χ2v) is 7.26. The maximum absolute atomic E-state index is 13.0. The van der Waals surface area contributed by atoms with E-state index in [1.807, 2.05) is 25.2 Å². The zero-order chi connectivity index (χ0) is 16.8. The van der Waals surface area contributed by atoms with Crippen LogP contribution in [0.3, 0.4) is 0 Å². The molecule has 0 N–H and O–H groups in total. The van der Waals surface area contributed by atoms with Gasteiger partial charge >= 0.3 is 0 Å². The monoisotopic (exact) mass is 321 g/mol. The van der Waals surface area contributed by atoms with Crippen LogP contribution in [0.4, 0.5) is 0 Å². The lowest BCUT2D eigenvalue weighted by atomic mass is 9.86. The van der Waals surface area contributed by atoms with Crippen molar-refractivity contribution in [2.75, 3.05) is 6.54 Å². The molecular weight excluding hydrogens is 298 g/mol. The molecule has 4 rings (SSSR count). The fourth-order valence-electron chi connectivity index (χ4n) is 4.76. The van der Waals surface area contributed by atoms with Crippen LogP contribution >= 0.6 is 0 Å². The van der Waals surface area contributed by atoms with E-state index in [2.05, 4.69) is 18.7 Å². The molecule has 3 heteroatoms. The lowest BCUT2D eigenvalue weighted by molar-refractivity contribution is -0.138. The van der Waals surface area contributed by atoms with E-state index in [0.29, 0.717) is 41.9 Å². The number of rotatable bonds is 4. The summed E-state index contributed by atoms with van der Waals surface area (Å²) in [5.74, 6) is 1.46. The van der Waals surface area contributed by atoms with Crippen LogP contribution in [0.25, 0.3) is 0 Å². The van der Waals surface area contributed by atoms with Gasteiger partial charge in [-0.25, -0.2) is 0 Å². The van der Waals surface area contributed by atoms with Crippen LogP contribution < -0.4 is 0 Å². The number of amides is 2. The Morgan fingerprint density at radius 3 is 2.67 bits per heavy atom. The van der Waals surface area contributed by atoms with Crippen molar-refractivity contribution in [3.8, 4) is 0 Å². The first-order valence-corrected chi connectivity index (χ1v) is 8.90. The number of hydrogen-bond acceptors (Lipinski definition) is 2. The molecule has 3 nitrogen and oxygen atoms in total. The summed E-state index contributed by atoms with van der Waals surface area (Å²) in [5, 5.41) is 0. The highest BCUT2D eigenvalue weighted by atomic mass is 16.2. The van der Waals surface area contributed by atoms with Crippen LogP contribution in [0.15, 0.2) is 59.3 Å². The lowest BCUT2D eigenvalue weighted by Crippen LogP contribution is -2.37. The number of hydrogen-bond donors (Lipinski definition) is 0. The summed E-state index contributed by atoms with van der Waals surface area (Å²) < 4.78 is 0. The summed E-state index contributed by atoms with van der Waals surface area (Å²) in [6.07, 6.45) is 14.0. The Bertz CT molecular complexity index is 750. The second kappa shape index (κ2) is 5.73. The zero-order valence-corrected chi connectivity index (χ0v) is 14.1. The van der Waals surface area contributed by atoms with Crippen molar-refractivity contribution < 1.29 is 9.59 Å². The Hall–Kier alpha value is -2.16. The lowest BCUT2D eigenvalue weighted by Gasteiger charge is -2.24. The predicted octanol–water partition coefficient (Wildman–Crippen LogP) is 3.72. The van der Waals surface area contributed by atoms with Crippen LogP contribution in [0, 0.1) is 17.8 Å². The molecule has 2 bridgehead atoms. The first kappa shape index (κ1) is 15.4. The van der Waals surface area contributed by atoms with Crippen LogP contribution in [-0.2, 0) is 9.59 Å². The summed E-state index contributed by atoms with van der Waals surface area (Å²) in [6.45, 7) is 6.38. The molecule has 0 aromatic carbocycles. The third-order valence-corrected chi connectivity index (χ3v) is 5.94. The summed E-state index contributed by atoms with van der Waals surface area (Å²) in [7, 11) is 0. The molecule has 1 fully saturated rings. The average Bonchev–Trinajstić information content (AvgIpc) is 3.26. The fraction of sp³-hybridized carbons (Fsp3) is 0.429. The minimum absolute atomic E-state index is 0.0631. The van der Waals surface area contributed by atoms with E-state index >= 15 is 0 Å². The third kappa shape index (κ3) is 2.18. The van der Waals surface area contributed by atoms with Gasteiger partial charge in [0.25, 0.3) is 11.8 Å². The first-order chi connectivity index (χ1) is 11.6. The van der Waals surface area contributed by atoms with Crippen molar-refractivity contribution in [2.45, 2.75) is 32.6 Å². The molecule has 0 aromatic heterocycles. The van der Waals surface area contributed by atoms with Gasteiger partial charge in [-0.2, -0.15) is 0 Å². The van der Waals surface area contributed by atoms with E-state index in [-0.39, 0.29) is 11.8 Å². The smallest absolute Gasteiger partial charge is 0.261 e. The van der Waals surface area contributed by atoms with Gasteiger partial charge in [-0.15, -0.1) is 0 Å². The molecule has 3 atom stereocenters. The van der Waals surface area contributed by atoms with E-state index in [1.54, 1.807) is 0 Å². The van der Waals surface area contributed by atoms with Gasteiger partial charge < -0.3 is 0 Å². The summed E-state index contributed by atoms with van der Waals surface area (Å²) in [6, 6.07) is 0. The van der Waals surface area contributed by atoms with Gasteiger partial charge in [0.05, 0.1) is 5.57 Å². The molecule has 0 saturated heterocycles. The molecular formula is C21H23NO2. The van der Waals surface area contributed by atoms with Crippen molar-refractivity contribution in [1.82, 2.24) is 4.90 Å². The Balaban J connectivity index is 1.63. The number of carbonyl (C=O) groups excluding carboxylic acids is 2. The number of allylic oxidation sites excluding steroid dienone is 6. The second-order valence-electron chi connectivity index (χ2n) is 7.26. The van der Waals surface area contributed by atoms with Crippen LogP contribution in [0.2, 0.25) is 0 Å². The fourth-order valence-corrected chi connectivity index (χ4v) is 4.76. The zero-order valence-electron chi connectivity index (χ0n) is 14.1. The molecule has 1 saturated carbocycles. The van der Waals surface area contributed by atoms with Crippen LogP contribution in [0.5, 0.6) is 0 Å². The number of fused-ring (bicyclic) bond motifs is 2. The highest BCUT2D eigenvalue weighted by Crippen LogP contribution is 2.45. The minimum Gasteiger partial charge on any atom is -0.274 e. The Morgan fingerprint density at radius 1 is 1.21 bits per heavy atom. The largest absolute Gasteiger partial charge is 0.274 e. The molecule has 0 aromatic rings. The maximum Gasteiger partial charge on any atom is 0.261 e. The predicted molar refractivity (Wildman–Crippen MR) is 93.9 cm³/mol. The summed E-state index contributed by atoms with van der Waals surface area (Å²) in [5.41, 5.74) is 3.29. The van der Waals surface area contributed by atoms with Gasteiger partial charge in [0.15, 0.2) is 0 Å². The Morgan fingerprint density at radius 2 is 2.04 bits per heavy atom. The van der Waals surface area contributed by atoms with Crippen LogP contribution in [0.1, 0.15) is 32.6 Å². The quantitative estimate of drug-likeness (QED) is 0.584. The first-order valence-electron chi connectivity index (χ1n) is 8.90. The standard InChI is InChI=1S/C21H23NO2/c1-3-5-17-14(4-2)8-9-18-19(17)21(24)22(20(18)23)12-16-11-13-6-7-15(16)10-13/h3-7,13,15-16H,2,8-12H2,1H3/b5-3-. The van der Waals surface area contributed by atoms with Crippen LogP contribution in [-0.4, -0.2) is 23.3 Å². The maximum atomic E-state index is 13.0. The van der Waals surface area contributed by atoms with E-state index in [1.165, 1.54) is 11.3 Å². The topological polar surface area (TPSA) is 37.4 Å². The molecule has 3 aliphatic carbocycles. The number of imide groups is 1. The SMILES string of the molecule is C=CC1=C(/C=C\C)C2=C(CC1)C(=O)N(CC1CC3C=CC1C3)C2=O. The minimum atomic E-state index is -0.103. The third-order valence-electron chi connectivity index (χ3n) is 5.94. The van der Waals surface area contributed by atoms with Crippen molar-refractivity contribution in [3.63, 3.8) is 0 Å². The van der Waals surface area contributed by atoms with Gasteiger partial charge in [0.2, 0.25) is 0 Å². The normalized spacial score (nSPS) is 31.9. The number of nitrogens with zero attached hydrogens (tertiary/aromatic N) is 1. The highest BCUT2D eigenvalue weighted by Gasteiger charge is 2.44. The molecule has 4 aliphatic rings. The van der Waals surface area contributed by atoms with E-state index in [0.717, 1.165) is 24.0 Å². The van der Waals surface area contributed by atoms with Gasteiger partial charge in [0, 0.05) is 12.1 Å². The molecule has 24 heavy (non-hydrogen) atoms. The summed E-state index contributed by atoms with van der Waals surface area (Å²) in [4.78, 5) is 27.4. The van der Waals surface area contributed by atoms with Crippen molar-refractivity contribution in [2.24, 2.45) is 17.8 Å². The van der Waals surface area contributed by atoms with Crippen molar-refractivity contribution >= 4 is 11.8 Å². The molecule has 1 aliphatic heterocycles. The molecule has 124 valence electrons. The Labute approximate surface area is 143 Å². The van der Waals surface area contributed by atoms with E-state index in [4.69, 9.17) is 0 Å². The van der Waals surface area contributed by atoms with Gasteiger partial charge in [-0.1, -0.05) is 37.0 Å². The Kier molecular flexibility index (Phi) is 3.67. The highest BCUT2D eigenvalue weighted by molar-refractivity contribution is 6.22. The molecule has 2 amide bonds. The van der Waals surface area contributed by atoms with E-state index in [9.17, 15) is 9.59 Å². The van der Waals surface area contributed by atoms with E-state index < -0.39 is 0 Å². The van der Waals surface area contributed by atoms with Gasteiger partial charge in [0.1, 0.15) is 0 Å². The van der Waals surface area contributed by atoms with Crippen molar-refractivity contribution in [3.05, 3.63) is 59.3 Å². The molecule has 0 spiro atoms. The molecule has 1 heterocycles. The number of carbonyl (C=O) groups is 2. The summed E-state index contributed by atoms with van der Waals surface area (Å²) >= 11 is 0. The van der Waals surface area contributed by atoms with Gasteiger partial charge in [-0.05, 0) is 61.5 Å².